The van der Waals surface area contributed by atoms with Gasteiger partial charge in [0.15, 0.2) is 0 Å². The summed E-state index contributed by atoms with van der Waals surface area (Å²) in [6.07, 6.45) is 9.17. The van der Waals surface area contributed by atoms with Crippen molar-refractivity contribution in [2.45, 2.75) is 25.7 Å². The van der Waals surface area contributed by atoms with Crippen LogP contribution in [-0.4, -0.2) is 19.9 Å². The molecule has 0 bridgehead atoms. The maximum absolute atomic E-state index is 4.51. The Bertz CT molecular complexity index is 874. The van der Waals surface area contributed by atoms with E-state index in [4.69, 9.17) is 0 Å². The number of aryl methyl sites for hydroxylation is 2. The molecule has 0 radical (unpaired) electrons. The molecule has 0 saturated carbocycles. The van der Waals surface area contributed by atoms with Crippen molar-refractivity contribution in [2.75, 3.05) is 0 Å². The molecule has 0 N–H and O–H groups in total. The van der Waals surface area contributed by atoms with Gasteiger partial charge in [0.1, 0.15) is 0 Å². The molecular formula is C24H24N4. The van der Waals surface area contributed by atoms with Gasteiger partial charge < -0.3 is 0 Å². The summed E-state index contributed by atoms with van der Waals surface area (Å²) in [7, 11) is 0. The molecule has 4 nitrogen and oxygen atoms in total. The van der Waals surface area contributed by atoms with Crippen LogP contribution >= 0.6 is 0 Å². The lowest BCUT2D eigenvalue weighted by atomic mass is 9.93. The van der Waals surface area contributed by atoms with Gasteiger partial charge >= 0.3 is 0 Å². The first-order valence-electron chi connectivity index (χ1n) is 9.42. The molecule has 4 heteroatoms. The maximum atomic E-state index is 4.51. The lowest BCUT2D eigenvalue weighted by Gasteiger charge is -2.15. The van der Waals surface area contributed by atoms with Gasteiger partial charge in [-0.3, -0.25) is 19.9 Å². The van der Waals surface area contributed by atoms with Crippen molar-refractivity contribution < 1.29 is 0 Å². The van der Waals surface area contributed by atoms with Crippen LogP contribution in [0.25, 0.3) is 0 Å². The zero-order valence-electron chi connectivity index (χ0n) is 16.0. The van der Waals surface area contributed by atoms with E-state index in [1.165, 1.54) is 0 Å². The highest BCUT2D eigenvalue weighted by Gasteiger charge is 2.16. The van der Waals surface area contributed by atoms with E-state index in [9.17, 15) is 0 Å². The Balaban J connectivity index is 0.000000271. The van der Waals surface area contributed by atoms with Gasteiger partial charge in [-0.2, -0.15) is 0 Å². The van der Waals surface area contributed by atoms with E-state index in [1.54, 1.807) is 6.20 Å². The molecule has 0 aliphatic rings. The van der Waals surface area contributed by atoms with Gasteiger partial charge in [0.25, 0.3) is 0 Å². The minimum absolute atomic E-state index is 0.203. The van der Waals surface area contributed by atoms with Crippen molar-refractivity contribution in [1.82, 2.24) is 19.9 Å². The predicted octanol–water partition coefficient (Wildman–Crippen LogP) is 5.03. The number of hydrogen-bond acceptors (Lipinski definition) is 4. The van der Waals surface area contributed by atoms with Crippen LogP contribution in [0, 0.1) is 6.92 Å². The highest BCUT2D eigenvalue weighted by molar-refractivity contribution is 5.23. The zero-order chi connectivity index (χ0) is 19.4. The third-order valence-corrected chi connectivity index (χ3v) is 4.32. The van der Waals surface area contributed by atoms with E-state index < -0.39 is 0 Å². The van der Waals surface area contributed by atoms with E-state index in [1.807, 2.05) is 80.1 Å². The minimum atomic E-state index is 0.203. The molecule has 28 heavy (non-hydrogen) atoms. The predicted molar refractivity (Wildman–Crippen MR) is 112 cm³/mol. The summed E-state index contributed by atoms with van der Waals surface area (Å²) in [6.45, 7) is 1.97. The average molecular weight is 368 g/mol. The molecule has 0 fully saturated rings. The fraction of sp³-hybridized carbons (Fsp3) is 0.167. The molecular weight excluding hydrogens is 344 g/mol. The van der Waals surface area contributed by atoms with Crippen molar-refractivity contribution in [3.8, 4) is 0 Å². The highest BCUT2D eigenvalue weighted by Crippen LogP contribution is 2.26. The van der Waals surface area contributed by atoms with Crippen molar-refractivity contribution in [3.63, 3.8) is 0 Å². The smallest absolute Gasteiger partial charge is 0.0494 e. The summed E-state index contributed by atoms with van der Waals surface area (Å²) in [5, 5.41) is 0. The first-order valence-corrected chi connectivity index (χ1v) is 9.42. The Morgan fingerprint density at radius 1 is 0.607 bits per heavy atom. The molecule has 0 aliphatic carbocycles. The lowest BCUT2D eigenvalue weighted by Crippen LogP contribution is -2.07. The van der Waals surface area contributed by atoms with Crippen LogP contribution in [0.2, 0.25) is 0 Å². The molecule has 4 heterocycles. The second kappa shape index (κ2) is 10.7. The van der Waals surface area contributed by atoms with Gasteiger partial charge in [0, 0.05) is 53.5 Å². The highest BCUT2D eigenvalue weighted by atomic mass is 14.7. The van der Waals surface area contributed by atoms with Gasteiger partial charge in [0.2, 0.25) is 0 Å². The summed E-state index contributed by atoms with van der Waals surface area (Å²) in [5.74, 6) is 0.203. The number of aromatic nitrogens is 4. The zero-order valence-corrected chi connectivity index (χ0v) is 16.0. The molecule has 140 valence electrons. The second-order valence-electron chi connectivity index (χ2n) is 6.39. The molecule has 0 amide bonds. The quantitative estimate of drug-likeness (QED) is 0.496. The number of hydrogen-bond donors (Lipinski definition) is 0. The van der Waals surface area contributed by atoms with E-state index in [0.29, 0.717) is 0 Å². The van der Waals surface area contributed by atoms with Gasteiger partial charge in [-0.05, 0) is 68.3 Å². The van der Waals surface area contributed by atoms with Gasteiger partial charge in [-0.1, -0.05) is 24.3 Å². The summed E-state index contributed by atoms with van der Waals surface area (Å²) < 4.78 is 0. The minimum Gasteiger partial charge on any atom is -0.262 e. The van der Waals surface area contributed by atoms with Crippen LogP contribution in [0.15, 0.2) is 97.6 Å². The van der Waals surface area contributed by atoms with Crippen LogP contribution < -0.4 is 0 Å². The van der Waals surface area contributed by atoms with E-state index >= 15 is 0 Å². The number of nitrogens with zero attached hydrogens (tertiary/aromatic N) is 4. The van der Waals surface area contributed by atoms with E-state index in [2.05, 4.69) is 38.1 Å². The monoisotopic (exact) mass is 368 g/mol. The Labute approximate surface area is 166 Å². The summed E-state index contributed by atoms with van der Waals surface area (Å²) in [5.41, 5.74) is 4.30. The van der Waals surface area contributed by atoms with Crippen LogP contribution in [0.1, 0.15) is 35.1 Å². The molecule has 0 atom stereocenters. The standard InChI is InChI=1S/C18H17N3.C6H7N/c1-4-12-19-15(7-1)10-11-16(17-8-2-5-13-20-17)18-9-3-6-14-21-18;1-6-4-2-3-5-7-6/h1-9,12-14,16H,10-11H2;2-5H,1H3. The average Bonchev–Trinajstić information content (AvgIpc) is 2.77. The Kier molecular flexibility index (Phi) is 7.38. The maximum Gasteiger partial charge on any atom is 0.0494 e. The molecule has 4 rings (SSSR count). The normalized spacial score (nSPS) is 10.2. The topological polar surface area (TPSA) is 51.6 Å². The lowest BCUT2D eigenvalue weighted by molar-refractivity contribution is 0.669. The van der Waals surface area contributed by atoms with Crippen molar-refractivity contribution in [3.05, 3.63) is 120 Å². The van der Waals surface area contributed by atoms with Crippen LogP contribution in [0.4, 0.5) is 0 Å². The summed E-state index contributed by atoms with van der Waals surface area (Å²) in [6, 6.07) is 24.0. The molecule has 0 aromatic carbocycles. The third-order valence-electron chi connectivity index (χ3n) is 4.32. The molecule has 0 aliphatic heterocycles. The van der Waals surface area contributed by atoms with Gasteiger partial charge in [0.05, 0.1) is 0 Å². The van der Waals surface area contributed by atoms with E-state index in [-0.39, 0.29) is 5.92 Å². The van der Waals surface area contributed by atoms with Gasteiger partial charge in [-0.25, -0.2) is 0 Å². The summed E-state index contributed by atoms with van der Waals surface area (Å²) in [4.78, 5) is 17.4. The van der Waals surface area contributed by atoms with Crippen molar-refractivity contribution in [2.24, 2.45) is 0 Å². The van der Waals surface area contributed by atoms with Gasteiger partial charge in [-0.15, -0.1) is 0 Å². The first-order chi connectivity index (χ1) is 13.8. The van der Waals surface area contributed by atoms with Crippen molar-refractivity contribution >= 4 is 0 Å². The molecule has 0 unspecified atom stereocenters. The summed E-state index contributed by atoms with van der Waals surface area (Å²) >= 11 is 0. The second-order valence-corrected chi connectivity index (χ2v) is 6.39. The molecule has 4 aromatic rings. The van der Waals surface area contributed by atoms with Crippen LogP contribution in [0.3, 0.4) is 0 Å². The Morgan fingerprint density at radius 3 is 1.54 bits per heavy atom. The first kappa shape index (κ1) is 19.4. The number of pyridine rings is 4. The fourth-order valence-corrected chi connectivity index (χ4v) is 2.90. The molecule has 0 spiro atoms. The SMILES string of the molecule is Cc1ccccn1.c1ccc(CCC(c2ccccn2)c2ccccn2)nc1. The van der Waals surface area contributed by atoms with E-state index in [0.717, 1.165) is 35.6 Å². The largest absolute Gasteiger partial charge is 0.262 e. The fourth-order valence-electron chi connectivity index (χ4n) is 2.90. The van der Waals surface area contributed by atoms with Crippen LogP contribution in [0.5, 0.6) is 0 Å². The number of rotatable bonds is 5. The van der Waals surface area contributed by atoms with Crippen molar-refractivity contribution in [1.29, 1.82) is 0 Å². The third kappa shape index (κ3) is 6.09. The molecule has 0 saturated heterocycles. The van der Waals surface area contributed by atoms with Crippen LogP contribution in [-0.2, 0) is 6.42 Å². The Hall–Kier alpha value is -3.40. The Morgan fingerprint density at radius 2 is 1.14 bits per heavy atom. The molecule has 4 aromatic heterocycles.